The summed E-state index contributed by atoms with van der Waals surface area (Å²) in [4.78, 5) is 24.3. The number of rotatable bonds is 6. The molecular formula is C18H16FN5O. The average molecular weight is 337 g/mol. The second-order valence-corrected chi connectivity index (χ2v) is 5.25. The summed E-state index contributed by atoms with van der Waals surface area (Å²) in [6, 6.07) is 11.6. The van der Waals surface area contributed by atoms with Crippen molar-refractivity contribution in [2.24, 2.45) is 0 Å². The number of nitrogens with one attached hydrogen (secondary N) is 2. The second kappa shape index (κ2) is 7.96. The van der Waals surface area contributed by atoms with Crippen LogP contribution in [-0.4, -0.2) is 20.9 Å². The molecule has 25 heavy (non-hydrogen) atoms. The summed E-state index contributed by atoms with van der Waals surface area (Å²) in [6.07, 6.45) is 4.81. The Kier molecular flexibility index (Phi) is 5.26. The standard InChI is InChI=1S/C18H16FN5O/c19-15-4-2-1-3-14(15)12-23-18-21-10-7-16(24-18)17(25)22-11-13-5-8-20-9-6-13/h1-10H,11-12H2,(H,22,25)(H,21,23,24). The quantitative estimate of drug-likeness (QED) is 0.723. The lowest BCUT2D eigenvalue weighted by Gasteiger charge is -2.08. The van der Waals surface area contributed by atoms with E-state index in [0.717, 1.165) is 5.56 Å². The molecule has 1 amide bonds. The van der Waals surface area contributed by atoms with Gasteiger partial charge in [0.15, 0.2) is 0 Å². The maximum atomic E-state index is 13.6. The molecule has 6 nitrogen and oxygen atoms in total. The highest BCUT2D eigenvalue weighted by atomic mass is 19.1. The molecule has 0 spiro atoms. The van der Waals surface area contributed by atoms with Crippen molar-refractivity contribution in [3.63, 3.8) is 0 Å². The molecule has 7 heteroatoms. The number of halogens is 1. The molecule has 3 aromatic rings. The summed E-state index contributed by atoms with van der Waals surface area (Å²) in [6.45, 7) is 0.609. The van der Waals surface area contributed by atoms with Crippen LogP contribution in [0.2, 0.25) is 0 Å². The molecule has 3 rings (SSSR count). The van der Waals surface area contributed by atoms with Gasteiger partial charge >= 0.3 is 0 Å². The van der Waals surface area contributed by atoms with Gasteiger partial charge in [-0.2, -0.15) is 0 Å². The third kappa shape index (κ3) is 4.57. The summed E-state index contributed by atoms with van der Waals surface area (Å²) in [5, 5.41) is 5.70. The van der Waals surface area contributed by atoms with Crippen molar-refractivity contribution in [3.8, 4) is 0 Å². The van der Waals surface area contributed by atoms with E-state index < -0.39 is 0 Å². The summed E-state index contributed by atoms with van der Waals surface area (Å²) in [5.74, 6) is -0.353. The molecule has 0 aliphatic carbocycles. The molecule has 0 saturated heterocycles. The maximum Gasteiger partial charge on any atom is 0.270 e. The number of carbonyl (C=O) groups is 1. The van der Waals surface area contributed by atoms with E-state index in [1.165, 1.54) is 18.3 Å². The molecule has 0 radical (unpaired) electrons. The van der Waals surface area contributed by atoms with Crippen molar-refractivity contribution in [2.75, 3.05) is 5.32 Å². The molecule has 2 N–H and O–H groups in total. The highest BCUT2D eigenvalue weighted by molar-refractivity contribution is 5.92. The summed E-state index contributed by atoms with van der Waals surface area (Å²) in [5.41, 5.74) is 1.68. The van der Waals surface area contributed by atoms with Crippen LogP contribution in [0.3, 0.4) is 0 Å². The highest BCUT2D eigenvalue weighted by Gasteiger charge is 2.09. The molecule has 0 unspecified atom stereocenters. The lowest BCUT2D eigenvalue weighted by molar-refractivity contribution is 0.0946. The molecule has 0 aliphatic rings. The van der Waals surface area contributed by atoms with E-state index in [4.69, 9.17) is 0 Å². The number of anilines is 1. The first kappa shape index (κ1) is 16.5. The van der Waals surface area contributed by atoms with Gasteiger partial charge in [0.05, 0.1) is 0 Å². The number of nitrogens with zero attached hydrogens (tertiary/aromatic N) is 3. The van der Waals surface area contributed by atoms with Crippen LogP contribution in [0.15, 0.2) is 61.1 Å². The third-order valence-electron chi connectivity index (χ3n) is 3.49. The van der Waals surface area contributed by atoms with Crippen LogP contribution in [0.4, 0.5) is 10.3 Å². The van der Waals surface area contributed by atoms with Gasteiger partial charge in [0, 0.05) is 37.2 Å². The van der Waals surface area contributed by atoms with Crippen molar-refractivity contribution < 1.29 is 9.18 Å². The zero-order chi connectivity index (χ0) is 17.5. The Balaban J connectivity index is 1.61. The van der Waals surface area contributed by atoms with Crippen molar-refractivity contribution in [1.82, 2.24) is 20.3 Å². The van der Waals surface area contributed by atoms with Gasteiger partial charge in [-0.1, -0.05) is 18.2 Å². The Morgan fingerprint density at radius 1 is 1.00 bits per heavy atom. The molecule has 2 heterocycles. The second-order valence-electron chi connectivity index (χ2n) is 5.25. The Morgan fingerprint density at radius 3 is 2.60 bits per heavy atom. The number of hydrogen-bond donors (Lipinski definition) is 2. The van der Waals surface area contributed by atoms with Gasteiger partial charge in [0.25, 0.3) is 5.91 Å². The summed E-state index contributed by atoms with van der Waals surface area (Å²) in [7, 11) is 0. The maximum absolute atomic E-state index is 13.6. The Morgan fingerprint density at radius 2 is 1.80 bits per heavy atom. The zero-order valence-corrected chi connectivity index (χ0v) is 13.3. The van der Waals surface area contributed by atoms with Crippen LogP contribution < -0.4 is 10.6 Å². The summed E-state index contributed by atoms with van der Waals surface area (Å²) < 4.78 is 13.6. The van der Waals surface area contributed by atoms with Gasteiger partial charge in [-0.15, -0.1) is 0 Å². The first-order chi connectivity index (χ1) is 12.2. The van der Waals surface area contributed by atoms with Crippen LogP contribution in [0.5, 0.6) is 0 Å². The van der Waals surface area contributed by atoms with Gasteiger partial charge in [0.2, 0.25) is 5.95 Å². The Bertz CT molecular complexity index is 857. The number of amides is 1. The van der Waals surface area contributed by atoms with Crippen molar-refractivity contribution in [1.29, 1.82) is 0 Å². The Labute approximate surface area is 144 Å². The molecule has 126 valence electrons. The van der Waals surface area contributed by atoms with Crippen molar-refractivity contribution in [3.05, 3.63) is 83.7 Å². The van der Waals surface area contributed by atoms with Gasteiger partial charge in [-0.25, -0.2) is 14.4 Å². The fraction of sp³-hybridized carbons (Fsp3) is 0.111. The minimum absolute atomic E-state index is 0.231. The highest BCUT2D eigenvalue weighted by Crippen LogP contribution is 2.09. The minimum atomic E-state index is -0.312. The first-order valence-corrected chi connectivity index (χ1v) is 7.70. The normalized spacial score (nSPS) is 10.3. The number of carbonyl (C=O) groups excluding carboxylic acids is 1. The number of benzene rings is 1. The molecule has 0 saturated carbocycles. The fourth-order valence-corrected chi connectivity index (χ4v) is 2.16. The van der Waals surface area contributed by atoms with Crippen LogP contribution >= 0.6 is 0 Å². The molecule has 0 fully saturated rings. The number of pyridine rings is 1. The smallest absolute Gasteiger partial charge is 0.270 e. The molecular weight excluding hydrogens is 321 g/mol. The summed E-state index contributed by atoms with van der Waals surface area (Å²) >= 11 is 0. The lowest BCUT2D eigenvalue weighted by Crippen LogP contribution is -2.24. The zero-order valence-electron chi connectivity index (χ0n) is 13.3. The molecule has 0 bridgehead atoms. The molecule has 1 aromatic carbocycles. The molecule has 0 atom stereocenters. The third-order valence-corrected chi connectivity index (χ3v) is 3.49. The van der Waals surface area contributed by atoms with E-state index >= 15 is 0 Å². The van der Waals surface area contributed by atoms with Crippen LogP contribution in [-0.2, 0) is 13.1 Å². The van der Waals surface area contributed by atoms with E-state index in [1.807, 2.05) is 12.1 Å². The minimum Gasteiger partial charge on any atom is -0.350 e. The van der Waals surface area contributed by atoms with Gasteiger partial charge < -0.3 is 10.6 Å². The van der Waals surface area contributed by atoms with E-state index in [2.05, 4.69) is 25.6 Å². The van der Waals surface area contributed by atoms with Crippen LogP contribution in [0, 0.1) is 5.82 Å². The van der Waals surface area contributed by atoms with E-state index in [1.54, 1.807) is 30.6 Å². The fourth-order valence-electron chi connectivity index (χ4n) is 2.16. The van der Waals surface area contributed by atoms with Gasteiger partial charge in [0.1, 0.15) is 11.5 Å². The topological polar surface area (TPSA) is 79.8 Å². The van der Waals surface area contributed by atoms with E-state index in [9.17, 15) is 9.18 Å². The first-order valence-electron chi connectivity index (χ1n) is 7.70. The average Bonchev–Trinajstić information content (AvgIpc) is 2.66. The lowest BCUT2D eigenvalue weighted by atomic mass is 10.2. The van der Waals surface area contributed by atoms with Gasteiger partial charge in [-0.3, -0.25) is 9.78 Å². The predicted molar refractivity (Wildman–Crippen MR) is 91.2 cm³/mol. The van der Waals surface area contributed by atoms with Crippen molar-refractivity contribution >= 4 is 11.9 Å². The molecule has 2 aromatic heterocycles. The van der Waals surface area contributed by atoms with Crippen molar-refractivity contribution in [2.45, 2.75) is 13.1 Å². The predicted octanol–water partition coefficient (Wildman–Crippen LogP) is 2.55. The van der Waals surface area contributed by atoms with Gasteiger partial charge in [-0.05, 0) is 29.8 Å². The van der Waals surface area contributed by atoms with E-state index in [0.29, 0.717) is 12.1 Å². The molecule has 0 aliphatic heterocycles. The monoisotopic (exact) mass is 337 g/mol. The Hall–Kier alpha value is -3.35. The number of hydrogen-bond acceptors (Lipinski definition) is 5. The van der Waals surface area contributed by atoms with E-state index in [-0.39, 0.29) is 29.9 Å². The number of aromatic nitrogens is 3. The van der Waals surface area contributed by atoms with Crippen LogP contribution in [0.1, 0.15) is 21.6 Å². The van der Waals surface area contributed by atoms with Crippen LogP contribution in [0.25, 0.3) is 0 Å². The SMILES string of the molecule is O=C(NCc1ccncc1)c1ccnc(NCc2ccccc2F)n1. The largest absolute Gasteiger partial charge is 0.350 e.